The minimum atomic E-state index is -2.30. The number of ether oxygens (including phenoxy) is 1. The summed E-state index contributed by atoms with van der Waals surface area (Å²) in [7, 11) is 1.64. The molecule has 22 heavy (non-hydrogen) atoms. The van der Waals surface area contributed by atoms with Crippen LogP contribution in [0.25, 0.3) is 0 Å². The fourth-order valence-corrected chi connectivity index (χ4v) is 3.16. The van der Waals surface area contributed by atoms with Crippen molar-refractivity contribution in [3.8, 4) is 5.75 Å². The van der Waals surface area contributed by atoms with E-state index in [1.807, 2.05) is 26.0 Å². The molecule has 1 aliphatic rings. The first-order valence-electron chi connectivity index (χ1n) is 7.41. The van der Waals surface area contributed by atoms with Crippen LogP contribution in [0.3, 0.4) is 0 Å². The van der Waals surface area contributed by atoms with E-state index in [1.165, 1.54) is 0 Å². The second-order valence-electron chi connectivity index (χ2n) is 5.62. The molecule has 0 unspecified atom stereocenters. The van der Waals surface area contributed by atoms with Crippen LogP contribution in [0.1, 0.15) is 29.2 Å². The van der Waals surface area contributed by atoms with Crippen molar-refractivity contribution in [2.45, 2.75) is 32.7 Å². The molecule has 1 aromatic rings. The number of hydrogen-bond acceptors (Lipinski definition) is 3. The third-order valence-corrected chi connectivity index (χ3v) is 4.07. The van der Waals surface area contributed by atoms with Crippen LogP contribution in [-0.4, -0.2) is 44.6 Å². The Morgan fingerprint density at radius 1 is 1.18 bits per heavy atom. The Morgan fingerprint density at radius 2 is 1.73 bits per heavy atom. The van der Waals surface area contributed by atoms with Gasteiger partial charge in [0.25, 0.3) is 0 Å². The monoisotopic (exact) mass is 334 g/mol. The second-order valence-corrected chi connectivity index (χ2v) is 5.62. The smallest absolute Gasteiger partial charge is 0.240 e. The van der Waals surface area contributed by atoms with E-state index in [1.54, 1.807) is 7.11 Å². The third kappa shape index (κ3) is 4.54. The van der Waals surface area contributed by atoms with Crippen molar-refractivity contribution >= 4 is 12.4 Å². The Kier molecular flexibility index (Phi) is 7.53. The van der Waals surface area contributed by atoms with Crippen LogP contribution in [0.2, 0.25) is 0 Å². The van der Waals surface area contributed by atoms with E-state index in [0.717, 1.165) is 48.6 Å². The van der Waals surface area contributed by atoms with Gasteiger partial charge in [-0.1, -0.05) is 12.1 Å². The van der Waals surface area contributed by atoms with Crippen molar-refractivity contribution < 1.29 is 13.5 Å². The van der Waals surface area contributed by atoms with E-state index in [4.69, 9.17) is 4.74 Å². The highest BCUT2D eigenvalue weighted by Gasteiger charge is 2.26. The van der Waals surface area contributed by atoms with E-state index in [9.17, 15) is 8.78 Å². The molecule has 0 radical (unpaired) electrons. The summed E-state index contributed by atoms with van der Waals surface area (Å²) in [6.45, 7) is 7.25. The Hall–Kier alpha value is -0.910. The Labute approximate surface area is 137 Å². The molecule has 0 spiro atoms. The quantitative estimate of drug-likeness (QED) is 0.894. The van der Waals surface area contributed by atoms with Crippen LogP contribution in [0.4, 0.5) is 8.78 Å². The maximum absolute atomic E-state index is 13.0. The van der Waals surface area contributed by atoms with Crippen molar-refractivity contribution in [1.29, 1.82) is 0 Å². The van der Waals surface area contributed by atoms with E-state index in [-0.39, 0.29) is 24.9 Å². The van der Waals surface area contributed by atoms with Crippen LogP contribution in [-0.2, 0) is 0 Å². The molecule has 0 amide bonds. The zero-order valence-corrected chi connectivity index (χ0v) is 14.2. The minimum Gasteiger partial charge on any atom is -0.496 e. The molecule has 3 nitrogen and oxygen atoms in total. The molecule has 1 heterocycles. The summed E-state index contributed by atoms with van der Waals surface area (Å²) in [5.41, 5.74) is 2.97. The number of hydrogen-bond donors (Lipinski definition) is 1. The number of halogens is 3. The summed E-state index contributed by atoms with van der Waals surface area (Å²) in [5.74, 6) is 0.842. The van der Waals surface area contributed by atoms with E-state index >= 15 is 0 Å². The van der Waals surface area contributed by atoms with Gasteiger partial charge in [0.1, 0.15) is 5.75 Å². The average Bonchev–Trinajstić information content (AvgIpc) is 2.45. The average molecular weight is 335 g/mol. The Bertz CT molecular complexity index is 456. The van der Waals surface area contributed by atoms with Crippen molar-refractivity contribution in [3.05, 3.63) is 28.8 Å². The largest absolute Gasteiger partial charge is 0.496 e. The molecule has 6 heteroatoms. The lowest BCUT2D eigenvalue weighted by Crippen LogP contribution is -2.45. The molecular formula is C16H25ClF2N2O. The lowest BCUT2D eigenvalue weighted by atomic mass is 9.96. The van der Waals surface area contributed by atoms with Gasteiger partial charge in [-0.15, -0.1) is 12.4 Å². The number of benzene rings is 1. The molecule has 1 saturated heterocycles. The van der Waals surface area contributed by atoms with Crippen molar-refractivity contribution in [1.82, 2.24) is 10.2 Å². The van der Waals surface area contributed by atoms with Gasteiger partial charge in [-0.05, 0) is 30.5 Å². The summed E-state index contributed by atoms with van der Waals surface area (Å²) in [5, 5.41) is 3.27. The number of methoxy groups -OCH3 is 1. The number of piperazine rings is 1. The maximum atomic E-state index is 13.0. The predicted octanol–water partition coefficient (Wildman–Crippen LogP) is 3.34. The molecular weight excluding hydrogens is 310 g/mol. The fraction of sp³-hybridized carbons (Fsp3) is 0.625. The normalized spacial score (nSPS) is 17.2. The molecule has 1 aliphatic heterocycles. The van der Waals surface area contributed by atoms with Crippen molar-refractivity contribution in [2.75, 3.05) is 33.3 Å². The first-order valence-corrected chi connectivity index (χ1v) is 7.41. The fourth-order valence-electron chi connectivity index (χ4n) is 3.16. The third-order valence-electron chi connectivity index (χ3n) is 4.07. The number of aryl methyl sites for hydroxylation is 2. The lowest BCUT2D eigenvalue weighted by Gasteiger charge is -2.35. The molecule has 0 aromatic heterocycles. The first kappa shape index (κ1) is 19.1. The van der Waals surface area contributed by atoms with Crippen LogP contribution in [0.15, 0.2) is 12.1 Å². The molecule has 0 aliphatic carbocycles. The van der Waals surface area contributed by atoms with Gasteiger partial charge in [-0.25, -0.2) is 8.78 Å². The highest BCUT2D eigenvalue weighted by atomic mass is 35.5. The lowest BCUT2D eigenvalue weighted by molar-refractivity contribution is 0.0738. The van der Waals surface area contributed by atoms with Crippen LogP contribution >= 0.6 is 12.4 Å². The molecule has 2 rings (SSSR count). The van der Waals surface area contributed by atoms with Gasteiger partial charge in [0.2, 0.25) is 6.43 Å². The van der Waals surface area contributed by atoms with Gasteiger partial charge in [0.15, 0.2) is 0 Å². The molecule has 1 aromatic carbocycles. The molecule has 1 fully saturated rings. The zero-order valence-electron chi connectivity index (χ0n) is 13.4. The molecule has 1 atom stereocenters. The SMILES string of the molecule is COc1c(C)cc([C@@H](CC(F)F)N2CCNCC2)cc1C.Cl. The Balaban J connectivity index is 0.00000242. The summed E-state index contributed by atoms with van der Waals surface area (Å²) < 4.78 is 31.4. The maximum Gasteiger partial charge on any atom is 0.240 e. The van der Waals surface area contributed by atoms with E-state index in [2.05, 4.69) is 10.2 Å². The van der Waals surface area contributed by atoms with E-state index < -0.39 is 6.43 Å². The highest BCUT2D eigenvalue weighted by Crippen LogP contribution is 2.33. The predicted molar refractivity (Wildman–Crippen MR) is 87.5 cm³/mol. The van der Waals surface area contributed by atoms with Crippen LogP contribution in [0, 0.1) is 13.8 Å². The zero-order chi connectivity index (χ0) is 15.4. The number of nitrogens with zero attached hydrogens (tertiary/aromatic N) is 1. The highest BCUT2D eigenvalue weighted by molar-refractivity contribution is 5.85. The van der Waals surface area contributed by atoms with Crippen LogP contribution in [0.5, 0.6) is 5.75 Å². The van der Waals surface area contributed by atoms with Gasteiger partial charge >= 0.3 is 0 Å². The summed E-state index contributed by atoms with van der Waals surface area (Å²) in [4.78, 5) is 2.16. The number of rotatable bonds is 5. The van der Waals surface area contributed by atoms with Gasteiger partial charge in [0.05, 0.1) is 7.11 Å². The molecule has 0 saturated carbocycles. The van der Waals surface area contributed by atoms with Crippen LogP contribution < -0.4 is 10.1 Å². The van der Waals surface area contributed by atoms with E-state index in [0.29, 0.717) is 0 Å². The summed E-state index contributed by atoms with van der Waals surface area (Å²) in [6.07, 6.45) is -2.42. The van der Waals surface area contributed by atoms with Gasteiger partial charge in [-0.3, -0.25) is 4.90 Å². The summed E-state index contributed by atoms with van der Waals surface area (Å²) in [6, 6.07) is 3.75. The number of nitrogens with one attached hydrogen (secondary N) is 1. The van der Waals surface area contributed by atoms with Gasteiger partial charge < -0.3 is 10.1 Å². The molecule has 126 valence electrons. The first-order chi connectivity index (χ1) is 10.0. The Morgan fingerprint density at radius 3 is 2.18 bits per heavy atom. The van der Waals surface area contributed by atoms with Gasteiger partial charge in [-0.2, -0.15) is 0 Å². The second kappa shape index (κ2) is 8.65. The standard InChI is InChI=1S/C16H24F2N2O.ClH/c1-11-8-13(9-12(2)16(11)21-3)14(10-15(17)18)20-6-4-19-5-7-20;/h8-9,14-15,19H,4-7,10H2,1-3H3;1H/t14-;/m1./s1. The topological polar surface area (TPSA) is 24.5 Å². The summed E-state index contributed by atoms with van der Waals surface area (Å²) >= 11 is 0. The molecule has 0 bridgehead atoms. The molecule has 1 N–H and O–H groups in total. The van der Waals surface area contributed by atoms with Gasteiger partial charge in [0, 0.05) is 38.6 Å². The number of alkyl halides is 2. The van der Waals surface area contributed by atoms with Crippen molar-refractivity contribution in [2.24, 2.45) is 0 Å². The minimum absolute atomic E-state index is 0. The van der Waals surface area contributed by atoms with Crippen molar-refractivity contribution in [3.63, 3.8) is 0 Å².